The maximum absolute atomic E-state index is 15.1. The monoisotopic (exact) mass is 297 g/mol. The molecule has 8 nitrogen and oxygen atoms in total. The van der Waals surface area contributed by atoms with Gasteiger partial charge in [-0.25, -0.2) is 19.3 Å². The zero-order valence-corrected chi connectivity index (χ0v) is 11.6. The summed E-state index contributed by atoms with van der Waals surface area (Å²) in [7, 11) is 0. The van der Waals surface area contributed by atoms with Crippen LogP contribution in [0.5, 0.6) is 0 Å². The number of nitrogens with zero attached hydrogens (tertiary/aromatic N) is 4. The van der Waals surface area contributed by atoms with E-state index >= 15 is 4.39 Å². The third-order valence-corrected chi connectivity index (χ3v) is 4.18. The van der Waals surface area contributed by atoms with Crippen LogP contribution in [0.4, 0.5) is 10.2 Å². The van der Waals surface area contributed by atoms with Crippen LogP contribution < -0.4 is 5.73 Å². The van der Waals surface area contributed by atoms with Crippen molar-refractivity contribution in [2.45, 2.75) is 37.4 Å². The highest BCUT2D eigenvalue weighted by Crippen LogP contribution is 2.48. The molecule has 0 radical (unpaired) electrons. The summed E-state index contributed by atoms with van der Waals surface area (Å²) in [6.45, 7) is 1.99. The van der Waals surface area contributed by atoms with E-state index in [1.807, 2.05) is 0 Å². The summed E-state index contributed by atoms with van der Waals surface area (Å²) in [5.74, 6) is 0.169. The molecule has 0 amide bonds. The number of aliphatic hydroxyl groups excluding tert-OH is 1. The Morgan fingerprint density at radius 2 is 2.14 bits per heavy atom. The van der Waals surface area contributed by atoms with Crippen LogP contribution in [-0.2, 0) is 4.74 Å². The Balaban J connectivity index is 2.13. The Labute approximate surface area is 119 Å². The van der Waals surface area contributed by atoms with Gasteiger partial charge in [-0.05, 0) is 13.8 Å². The molecule has 21 heavy (non-hydrogen) atoms. The van der Waals surface area contributed by atoms with Gasteiger partial charge in [-0.1, -0.05) is 0 Å². The van der Waals surface area contributed by atoms with Crippen molar-refractivity contribution in [3.8, 4) is 0 Å². The number of alkyl halides is 1. The second kappa shape index (κ2) is 4.33. The van der Waals surface area contributed by atoms with Crippen LogP contribution in [-0.4, -0.2) is 53.7 Å². The number of halogens is 1. The third-order valence-electron chi connectivity index (χ3n) is 4.18. The van der Waals surface area contributed by atoms with Gasteiger partial charge in [-0.2, -0.15) is 0 Å². The zero-order valence-electron chi connectivity index (χ0n) is 11.6. The van der Waals surface area contributed by atoms with E-state index in [4.69, 9.17) is 10.5 Å². The average molecular weight is 297 g/mol. The van der Waals surface area contributed by atoms with Gasteiger partial charge in [0.25, 0.3) is 0 Å². The van der Waals surface area contributed by atoms with E-state index in [2.05, 4.69) is 15.0 Å². The van der Waals surface area contributed by atoms with Gasteiger partial charge in [-0.3, -0.25) is 4.57 Å². The second-order valence-corrected chi connectivity index (χ2v) is 5.47. The first kappa shape index (κ1) is 14.1. The maximum Gasteiger partial charge on any atom is 0.183 e. The number of imidazole rings is 1. The van der Waals surface area contributed by atoms with Crippen molar-refractivity contribution in [3.05, 3.63) is 12.7 Å². The number of hydrogen-bond acceptors (Lipinski definition) is 7. The lowest BCUT2D eigenvalue weighted by atomic mass is 9.85. The molecular weight excluding hydrogens is 281 g/mol. The summed E-state index contributed by atoms with van der Waals surface area (Å²) >= 11 is 0. The molecule has 0 aromatic carbocycles. The predicted molar refractivity (Wildman–Crippen MR) is 70.9 cm³/mol. The molecular formula is C12H16FN5O3. The third kappa shape index (κ3) is 1.74. The first-order valence-electron chi connectivity index (χ1n) is 6.41. The van der Waals surface area contributed by atoms with E-state index in [1.165, 1.54) is 31.1 Å². The molecule has 4 N–H and O–H groups in total. The molecule has 1 aliphatic rings. The van der Waals surface area contributed by atoms with Crippen molar-refractivity contribution in [2.75, 3.05) is 12.3 Å². The fourth-order valence-electron chi connectivity index (χ4n) is 2.57. The van der Waals surface area contributed by atoms with Crippen molar-refractivity contribution in [3.63, 3.8) is 0 Å². The Hall–Kier alpha value is -1.84. The lowest BCUT2D eigenvalue weighted by Gasteiger charge is -2.32. The Morgan fingerprint density at radius 1 is 1.43 bits per heavy atom. The van der Waals surface area contributed by atoms with Crippen LogP contribution in [0.3, 0.4) is 0 Å². The molecule has 1 fully saturated rings. The van der Waals surface area contributed by atoms with Gasteiger partial charge < -0.3 is 20.7 Å². The maximum atomic E-state index is 15.1. The molecule has 1 aliphatic heterocycles. The molecule has 4 atom stereocenters. The molecule has 3 heterocycles. The average Bonchev–Trinajstić information content (AvgIpc) is 2.90. The number of rotatable bonds is 2. The van der Waals surface area contributed by atoms with E-state index in [1.54, 1.807) is 0 Å². The summed E-state index contributed by atoms with van der Waals surface area (Å²) in [5.41, 5.74) is 2.29. The van der Waals surface area contributed by atoms with Crippen molar-refractivity contribution >= 4 is 17.0 Å². The van der Waals surface area contributed by atoms with E-state index in [-0.39, 0.29) is 5.82 Å². The number of aliphatic hydroxyl groups is 2. The summed E-state index contributed by atoms with van der Waals surface area (Å²) in [6.07, 6.45) is 0.314. The van der Waals surface area contributed by atoms with Crippen molar-refractivity contribution in [1.82, 2.24) is 19.5 Å². The molecule has 0 spiro atoms. The Bertz CT molecular complexity index is 687. The summed E-state index contributed by atoms with van der Waals surface area (Å²) in [4.78, 5) is 11.9. The minimum absolute atomic E-state index is 0.169. The van der Waals surface area contributed by atoms with Gasteiger partial charge in [-0.15, -0.1) is 0 Å². The van der Waals surface area contributed by atoms with Crippen LogP contribution in [0, 0.1) is 0 Å². The van der Waals surface area contributed by atoms with Crippen LogP contribution in [0.1, 0.15) is 20.1 Å². The lowest BCUT2D eigenvalue weighted by molar-refractivity contribution is -0.0891. The number of fused-ring (bicyclic) bond motifs is 1. The molecule has 114 valence electrons. The normalized spacial score (nSPS) is 36.4. The van der Waals surface area contributed by atoms with Crippen LogP contribution in [0.25, 0.3) is 11.2 Å². The van der Waals surface area contributed by atoms with Gasteiger partial charge in [0.05, 0.1) is 12.9 Å². The summed E-state index contributed by atoms with van der Waals surface area (Å²) < 4.78 is 21.9. The van der Waals surface area contributed by atoms with E-state index < -0.39 is 30.2 Å². The summed E-state index contributed by atoms with van der Waals surface area (Å²) in [5, 5.41) is 19.6. The highest BCUT2D eigenvalue weighted by molar-refractivity contribution is 5.81. The topological polar surface area (TPSA) is 119 Å². The van der Waals surface area contributed by atoms with E-state index in [0.29, 0.717) is 11.2 Å². The minimum atomic E-state index is -2.16. The fraction of sp³-hybridized carbons (Fsp3) is 0.583. The standard InChI is InChI=1S/C12H16FN5O3/c1-11(13)10(21-6(3-19)12(11,2)20)18-5-17-7-8(14)15-4-16-9(7)18/h4-6,10,19-20H,3H2,1-2H3,(H2,14,15,16)/t6-,10?,11+,12?/m1/s1. The summed E-state index contributed by atoms with van der Waals surface area (Å²) in [6, 6.07) is 0. The Kier molecular flexibility index (Phi) is 2.91. The second-order valence-electron chi connectivity index (χ2n) is 5.47. The minimum Gasteiger partial charge on any atom is -0.394 e. The van der Waals surface area contributed by atoms with Crippen LogP contribution in [0.15, 0.2) is 12.7 Å². The highest BCUT2D eigenvalue weighted by Gasteiger charge is 2.63. The van der Waals surface area contributed by atoms with Crippen molar-refractivity contribution in [1.29, 1.82) is 0 Å². The molecule has 0 saturated carbocycles. The van der Waals surface area contributed by atoms with Gasteiger partial charge in [0, 0.05) is 0 Å². The van der Waals surface area contributed by atoms with Crippen LogP contribution >= 0.6 is 0 Å². The van der Waals surface area contributed by atoms with Crippen LogP contribution in [0.2, 0.25) is 0 Å². The molecule has 2 unspecified atom stereocenters. The van der Waals surface area contributed by atoms with Gasteiger partial charge in [0.1, 0.15) is 23.5 Å². The number of hydrogen-bond donors (Lipinski definition) is 3. The first-order chi connectivity index (χ1) is 9.80. The number of nitrogen functional groups attached to an aromatic ring is 1. The molecule has 2 aromatic heterocycles. The number of aromatic nitrogens is 4. The predicted octanol–water partition coefficient (Wildman–Crippen LogP) is -0.223. The van der Waals surface area contributed by atoms with Crippen molar-refractivity contribution in [2.24, 2.45) is 0 Å². The molecule has 1 saturated heterocycles. The lowest BCUT2D eigenvalue weighted by Crippen LogP contribution is -2.51. The van der Waals surface area contributed by atoms with Gasteiger partial charge in [0.15, 0.2) is 23.4 Å². The van der Waals surface area contributed by atoms with Crippen molar-refractivity contribution < 1.29 is 19.3 Å². The molecule has 0 bridgehead atoms. The van der Waals surface area contributed by atoms with E-state index in [0.717, 1.165) is 0 Å². The molecule has 2 aromatic rings. The molecule has 9 heteroatoms. The molecule has 0 aliphatic carbocycles. The Morgan fingerprint density at radius 3 is 2.76 bits per heavy atom. The number of anilines is 1. The smallest absolute Gasteiger partial charge is 0.183 e. The molecule has 3 rings (SSSR count). The quantitative estimate of drug-likeness (QED) is 0.700. The fourth-order valence-corrected chi connectivity index (χ4v) is 2.57. The SMILES string of the molecule is CC1(O)[C@@H](CO)OC(n2cnc3c(N)ncnc32)[C@]1(C)F. The van der Waals surface area contributed by atoms with Gasteiger partial charge in [0.2, 0.25) is 0 Å². The number of nitrogens with two attached hydrogens (primary N) is 1. The van der Waals surface area contributed by atoms with Gasteiger partial charge >= 0.3 is 0 Å². The number of ether oxygens (including phenoxy) is 1. The zero-order chi connectivity index (χ0) is 15.4. The first-order valence-corrected chi connectivity index (χ1v) is 6.41. The largest absolute Gasteiger partial charge is 0.394 e. The van der Waals surface area contributed by atoms with E-state index in [9.17, 15) is 10.2 Å². The highest BCUT2D eigenvalue weighted by atomic mass is 19.1.